The lowest BCUT2D eigenvalue weighted by Crippen LogP contribution is -2.18. The topological polar surface area (TPSA) is 43.8 Å². The minimum Gasteiger partial charge on any atom is -0.326 e. The van der Waals surface area contributed by atoms with E-state index in [1.165, 1.54) is 5.56 Å². The zero-order valence-electron chi connectivity index (χ0n) is 11.9. The van der Waals surface area contributed by atoms with Gasteiger partial charge in [0.25, 0.3) is 0 Å². The van der Waals surface area contributed by atoms with Crippen molar-refractivity contribution >= 4 is 11.0 Å². The van der Waals surface area contributed by atoms with E-state index in [-0.39, 0.29) is 6.04 Å². The predicted octanol–water partition coefficient (Wildman–Crippen LogP) is 3.35. The number of hydrogen-bond acceptors (Lipinski definition) is 2. The molecule has 1 unspecified atom stereocenters. The molecule has 0 aliphatic rings. The fraction of sp³-hybridized carbons (Fsp3) is 0.235. The fourth-order valence-electron chi connectivity index (χ4n) is 2.54. The van der Waals surface area contributed by atoms with E-state index in [1.54, 1.807) is 0 Å². The van der Waals surface area contributed by atoms with Crippen LogP contribution in [0.25, 0.3) is 11.0 Å². The highest BCUT2D eigenvalue weighted by molar-refractivity contribution is 5.75. The Kier molecular flexibility index (Phi) is 3.28. The Morgan fingerprint density at radius 3 is 2.50 bits per heavy atom. The van der Waals surface area contributed by atoms with Crippen LogP contribution in [-0.2, 0) is 6.54 Å². The highest BCUT2D eigenvalue weighted by atomic mass is 15.1. The summed E-state index contributed by atoms with van der Waals surface area (Å²) in [6.45, 7) is 4.86. The van der Waals surface area contributed by atoms with Gasteiger partial charge in [-0.05, 0) is 31.5 Å². The summed E-state index contributed by atoms with van der Waals surface area (Å²) in [5.41, 5.74) is 10.9. The van der Waals surface area contributed by atoms with E-state index < -0.39 is 0 Å². The highest BCUT2D eigenvalue weighted by Crippen LogP contribution is 2.20. The Hall–Kier alpha value is -2.13. The van der Waals surface area contributed by atoms with E-state index >= 15 is 0 Å². The van der Waals surface area contributed by atoms with Crippen LogP contribution in [0.15, 0.2) is 48.5 Å². The van der Waals surface area contributed by atoms with Gasteiger partial charge in [-0.3, -0.25) is 0 Å². The average Bonchev–Trinajstić information content (AvgIpc) is 2.76. The van der Waals surface area contributed by atoms with E-state index in [2.05, 4.69) is 46.8 Å². The first-order valence-electron chi connectivity index (χ1n) is 6.89. The van der Waals surface area contributed by atoms with Gasteiger partial charge in [-0.25, -0.2) is 4.98 Å². The number of benzene rings is 2. The van der Waals surface area contributed by atoms with Gasteiger partial charge in [0.15, 0.2) is 0 Å². The Morgan fingerprint density at radius 1 is 1.05 bits per heavy atom. The third-order valence-corrected chi connectivity index (χ3v) is 3.73. The number of nitrogens with zero attached hydrogens (tertiary/aromatic N) is 2. The first kappa shape index (κ1) is 12.9. The molecule has 1 atom stereocenters. The molecular weight excluding hydrogens is 246 g/mol. The van der Waals surface area contributed by atoms with Gasteiger partial charge in [-0.1, -0.05) is 42.0 Å². The van der Waals surface area contributed by atoms with Gasteiger partial charge < -0.3 is 10.3 Å². The summed E-state index contributed by atoms with van der Waals surface area (Å²) in [5, 5.41) is 0. The van der Waals surface area contributed by atoms with E-state index in [4.69, 9.17) is 5.73 Å². The Labute approximate surface area is 119 Å². The lowest BCUT2D eigenvalue weighted by molar-refractivity contribution is 0.577. The summed E-state index contributed by atoms with van der Waals surface area (Å²) in [6, 6.07) is 16.6. The fourth-order valence-corrected chi connectivity index (χ4v) is 2.54. The number of rotatable bonds is 3. The van der Waals surface area contributed by atoms with Gasteiger partial charge in [0, 0.05) is 12.6 Å². The van der Waals surface area contributed by atoms with Crippen LogP contribution in [0.5, 0.6) is 0 Å². The van der Waals surface area contributed by atoms with E-state index in [0.717, 1.165) is 29.0 Å². The molecule has 0 radical (unpaired) electrons. The molecule has 20 heavy (non-hydrogen) atoms. The smallest absolute Gasteiger partial charge is 0.106 e. The second kappa shape index (κ2) is 5.10. The summed E-state index contributed by atoms with van der Waals surface area (Å²) in [4.78, 5) is 4.58. The second-order valence-electron chi connectivity index (χ2n) is 5.28. The normalized spacial score (nSPS) is 12.8. The molecule has 0 spiro atoms. The molecule has 0 bridgehead atoms. The summed E-state index contributed by atoms with van der Waals surface area (Å²) in [7, 11) is 0. The zero-order valence-corrected chi connectivity index (χ0v) is 11.9. The van der Waals surface area contributed by atoms with Crippen molar-refractivity contribution in [1.82, 2.24) is 9.55 Å². The molecular formula is C17H19N3. The third-order valence-electron chi connectivity index (χ3n) is 3.73. The predicted molar refractivity (Wildman–Crippen MR) is 82.6 cm³/mol. The SMILES string of the molecule is Cc1ccc(C(N)Cn2c(C)nc3ccccc32)cc1. The van der Waals surface area contributed by atoms with Crippen molar-refractivity contribution in [1.29, 1.82) is 0 Å². The quantitative estimate of drug-likeness (QED) is 0.789. The van der Waals surface area contributed by atoms with Gasteiger partial charge in [-0.2, -0.15) is 0 Å². The van der Waals surface area contributed by atoms with Crippen molar-refractivity contribution in [2.45, 2.75) is 26.4 Å². The third kappa shape index (κ3) is 2.32. The van der Waals surface area contributed by atoms with E-state index in [1.807, 2.05) is 25.1 Å². The number of fused-ring (bicyclic) bond motifs is 1. The molecule has 2 aromatic carbocycles. The molecule has 0 aliphatic heterocycles. The van der Waals surface area contributed by atoms with Crippen LogP contribution >= 0.6 is 0 Å². The van der Waals surface area contributed by atoms with Crippen LogP contribution in [0.3, 0.4) is 0 Å². The van der Waals surface area contributed by atoms with Crippen molar-refractivity contribution < 1.29 is 0 Å². The molecule has 0 aliphatic carbocycles. The van der Waals surface area contributed by atoms with Crippen LogP contribution in [-0.4, -0.2) is 9.55 Å². The zero-order chi connectivity index (χ0) is 14.1. The van der Waals surface area contributed by atoms with E-state index in [0.29, 0.717) is 0 Å². The number of para-hydroxylation sites is 2. The molecule has 1 heterocycles. The second-order valence-corrected chi connectivity index (χ2v) is 5.28. The molecule has 0 saturated carbocycles. The van der Waals surface area contributed by atoms with Gasteiger partial charge >= 0.3 is 0 Å². The largest absolute Gasteiger partial charge is 0.326 e. The van der Waals surface area contributed by atoms with Gasteiger partial charge in [0.1, 0.15) is 5.82 Å². The lowest BCUT2D eigenvalue weighted by atomic mass is 10.1. The van der Waals surface area contributed by atoms with Crippen molar-refractivity contribution in [3.05, 3.63) is 65.5 Å². The first-order valence-corrected chi connectivity index (χ1v) is 6.89. The van der Waals surface area contributed by atoms with Gasteiger partial charge in [-0.15, -0.1) is 0 Å². The summed E-state index contributed by atoms with van der Waals surface area (Å²) < 4.78 is 2.19. The maximum absolute atomic E-state index is 6.35. The molecule has 3 aromatic rings. The number of hydrogen-bond donors (Lipinski definition) is 1. The summed E-state index contributed by atoms with van der Waals surface area (Å²) in [6.07, 6.45) is 0. The van der Waals surface area contributed by atoms with Gasteiger partial charge in [0.05, 0.1) is 11.0 Å². The summed E-state index contributed by atoms with van der Waals surface area (Å²) in [5.74, 6) is 1.01. The van der Waals surface area contributed by atoms with Gasteiger partial charge in [0.2, 0.25) is 0 Å². The molecule has 102 valence electrons. The van der Waals surface area contributed by atoms with Crippen molar-refractivity contribution in [3.63, 3.8) is 0 Å². The maximum Gasteiger partial charge on any atom is 0.106 e. The first-order chi connectivity index (χ1) is 9.65. The Balaban J connectivity index is 1.92. The molecule has 0 fully saturated rings. The number of aromatic nitrogens is 2. The number of aryl methyl sites for hydroxylation is 2. The number of nitrogens with two attached hydrogens (primary N) is 1. The lowest BCUT2D eigenvalue weighted by Gasteiger charge is -2.15. The molecule has 0 saturated heterocycles. The maximum atomic E-state index is 6.35. The van der Waals surface area contributed by atoms with Crippen molar-refractivity contribution in [2.24, 2.45) is 5.73 Å². The Morgan fingerprint density at radius 2 is 1.75 bits per heavy atom. The van der Waals surface area contributed by atoms with Crippen LogP contribution in [0, 0.1) is 13.8 Å². The summed E-state index contributed by atoms with van der Waals surface area (Å²) >= 11 is 0. The van der Waals surface area contributed by atoms with Crippen LogP contribution < -0.4 is 5.73 Å². The minimum atomic E-state index is -0.0214. The number of imidazole rings is 1. The monoisotopic (exact) mass is 265 g/mol. The highest BCUT2D eigenvalue weighted by Gasteiger charge is 2.12. The van der Waals surface area contributed by atoms with E-state index in [9.17, 15) is 0 Å². The van der Waals surface area contributed by atoms with Crippen LogP contribution in [0.1, 0.15) is 23.0 Å². The molecule has 1 aromatic heterocycles. The molecule has 0 amide bonds. The van der Waals surface area contributed by atoms with Crippen molar-refractivity contribution in [3.8, 4) is 0 Å². The van der Waals surface area contributed by atoms with Crippen LogP contribution in [0.4, 0.5) is 0 Å². The Bertz CT molecular complexity index is 726. The minimum absolute atomic E-state index is 0.0214. The standard InChI is InChI=1S/C17H19N3/c1-12-7-9-14(10-8-12)15(18)11-20-13(2)19-16-5-3-4-6-17(16)20/h3-10,15H,11,18H2,1-2H3. The average molecular weight is 265 g/mol. The molecule has 3 rings (SSSR count). The molecule has 3 heteroatoms. The molecule has 2 N–H and O–H groups in total. The van der Waals surface area contributed by atoms with Crippen LogP contribution in [0.2, 0.25) is 0 Å². The van der Waals surface area contributed by atoms with Crippen molar-refractivity contribution in [2.75, 3.05) is 0 Å². The molecule has 3 nitrogen and oxygen atoms in total.